The van der Waals surface area contributed by atoms with Gasteiger partial charge >= 0.3 is 5.97 Å². The molecule has 1 amide bonds. The molecule has 18 heavy (non-hydrogen) atoms. The lowest BCUT2D eigenvalue weighted by molar-refractivity contribution is 0.0696. The number of thiazole rings is 1. The van der Waals surface area contributed by atoms with E-state index in [2.05, 4.69) is 11.9 Å². The van der Waals surface area contributed by atoms with Gasteiger partial charge in [0.05, 0.1) is 0 Å². The van der Waals surface area contributed by atoms with Crippen LogP contribution in [0.5, 0.6) is 0 Å². The Kier molecular flexibility index (Phi) is 3.96. The third-order valence-corrected chi connectivity index (χ3v) is 4.01. The van der Waals surface area contributed by atoms with E-state index < -0.39 is 5.97 Å². The fraction of sp³-hybridized carbons (Fsp3) is 0.583. The van der Waals surface area contributed by atoms with Gasteiger partial charge in [-0.05, 0) is 18.8 Å². The van der Waals surface area contributed by atoms with Gasteiger partial charge in [0.2, 0.25) is 5.01 Å². The number of amides is 1. The van der Waals surface area contributed by atoms with Gasteiger partial charge in [-0.1, -0.05) is 13.3 Å². The molecule has 0 radical (unpaired) electrons. The van der Waals surface area contributed by atoms with E-state index in [0.717, 1.165) is 43.7 Å². The maximum absolute atomic E-state index is 12.1. The smallest absolute Gasteiger partial charge is 0.365 e. The lowest BCUT2D eigenvalue weighted by Crippen LogP contribution is -2.29. The Bertz CT molecular complexity index is 458. The van der Waals surface area contributed by atoms with Gasteiger partial charge in [0, 0.05) is 18.5 Å². The number of aromatic carboxylic acids is 1. The van der Waals surface area contributed by atoms with Crippen molar-refractivity contribution in [1.29, 1.82) is 0 Å². The summed E-state index contributed by atoms with van der Waals surface area (Å²) in [5.74, 6) is -0.641. The lowest BCUT2D eigenvalue weighted by Gasteiger charge is -2.14. The van der Waals surface area contributed by atoms with Crippen molar-refractivity contribution in [1.82, 2.24) is 9.88 Å². The Hall–Kier alpha value is -1.43. The summed E-state index contributed by atoms with van der Waals surface area (Å²) in [6.45, 7) is 3.67. The van der Waals surface area contributed by atoms with E-state index in [0.29, 0.717) is 5.92 Å². The third-order valence-electron chi connectivity index (χ3n) is 3.18. The molecule has 1 atom stereocenters. The number of carboxylic acid groups (broad SMARTS) is 1. The number of hydrogen-bond acceptors (Lipinski definition) is 4. The molecule has 1 aliphatic heterocycles. The van der Waals surface area contributed by atoms with Crippen LogP contribution in [0.2, 0.25) is 0 Å². The van der Waals surface area contributed by atoms with Gasteiger partial charge in [0.1, 0.15) is 5.69 Å². The van der Waals surface area contributed by atoms with Crippen LogP contribution in [-0.4, -0.2) is 40.0 Å². The molecule has 0 aromatic carbocycles. The quantitative estimate of drug-likeness (QED) is 0.907. The minimum absolute atomic E-state index is 0.0253. The highest BCUT2D eigenvalue weighted by molar-refractivity contribution is 7.11. The predicted molar refractivity (Wildman–Crippen MR) is 68.0 cm³/mol. The predicted octanol–water partition coefficient (Wildman–Crippen LogP) is 2.10. The Morgan fingerprint density at radius 2 is 2.39 bits per heavy atom. The van der Waals surface area contributed by atoms with Gasteiger partial charge in [-0.2, -0.15) is 0 Å². The second-order valence-electron chi connectivity index (χ2n) is 4.54. The number of carbonyl (C=O) groups is 2. The first-order chi connectivity index (χ1) is 8.61. The molecule has 1 saturated heterocycles. The van der Waals surface area contributed by atoms with E-state index in [-0.39, 0.29) is 16.6 Å². The molecule has 1 aromatic heterocycles. The fourth-order valence-corrected chi connectivity index (χ4v) is 2.92. The Balaban J connectivity index is 2.01. The van der Waals surface area contributed by atoms with Gasteiger partial charge in [0.15, 0.2) is 0 Å². The molecule has 0 bridgehead atoms. The Morgan fingerprint density at radius 3 is 3.00 bits per heavy atom. The molecule has 1 N–H and O–H groups in total. The van der Waals surface area contributed by atoms with Crippen LogP contribution in [0.25, 0.3) is 0 Å². The number of aromatic nitrogens is 1. The summed E-state index contributed by atoms with van der Waals surface area (Å²) in [6, 6.07) is 0. The van der Waals surface area contributed by atoms with Gasteiger partial charge < -0.3 is 10.0 Å². The zero-order valence-electron chi connectivity index (χ0n) is 10.3. The second-order valence-corrected chi connectivity index (χ2v) is 5.40. The van der Waals surface area contributed by atoms with Crippen molar-refractivity contribution in [2.45, 2.75) is 26.2 Å². The summed E-state index contributed by atoms with van der Waals surface area (Å²) in [5, 5.41) is 10.3. The summed E-state index contributed by atoms with van der Waals surface area (Å²) >= 11 is 0.998. The van der Waals surface area contributed by atoms with Gasteiger partial charge in [-0.15, -0.1) is 11.3 Å². The highest BCUT2D eigenvalue weighted by Gasteiger charge is 2.28. The summed E-state index contributed by atoms with van der Waals surface area (Å²) in [5.41, 5.74) is 0.259. The molecule has 0 aliphatic carbocycles. The first-order valence-electron chi connectivity index (χ1n) is 6.10. The number of carbonyl (C=O) groups excluding carboxylic acids is 1. The Morgan fingerprint density at radius 1 is 1.61 bits per heavy atom. The topological polar surface area (TPSA) is 70.5 Å². The molecule has 98 valence electrons. The van der Waals surface area contributed by atoms with Crippen LogP contribution in [0, 0.1) is 5.92 Å². The van der Waals surface area contributed by atoms with Gasteiger partial charge in [-0.25, -0.2) is 9.78 Å². The monoisotopic (exact) mass is 268 g/mol. The molecule has 0 spiro atoms. The minimum atomic E-state index is -1.08. The maximum Gasteiger partial charge on any atom is 0.365 e. The second kappa shape index (κ2) is 5.48. The highest BCUT2D eigenvalue weighted by atomic mass is 32.1. The van der Waals surface area contributed by atoms with Crippen LogP contribution >= 0.6 is 11.3 Å². The van der Waals surface area contributed by atoms with Crippen LogP contribution < -0.4 is 0 Å². The van der Waals surface area contributed by atoms with E-state index in [1.807, 2.05) is 0 Å². The molecule has 5 nitrogen and oxygen atoms in total. The number of likely N-dealkylation sites (tertiary alicyclic amines) is 1. The SMILES string of the molecule is CCCC1CCN(C(=O)c2csc(C(=O)O)n2)C1. The molecule has 1 aromatic rings. The van der Waals surface area contributed by atoms with Crippen molar-refractivity contribution in [2.24, 2.45) is 5.92 Å². The van der Waals surface area contributed by atoms with E-state index in [1.54, 1.807) is 4.90 Å². The number of carboxylic acids is 1. The van der Waals surface area contributed by atoms with Crippen LogP contribution in [-0.2, 0) is 0 Å². The Labute approximate surface area is 109 Å². The minimum Gasteiger partial charge on any atom is -0.476 e. The first kappa shape index (κ1) is 13.0. The summed E-state index contributed by atoms with van der Waals surface area (Å²) in [7, 11) is 0. The van der Waals surface area contributed by atoms with Crippen LogP contribution in [0.1, 0.15) is 46.5 Å². The van der Waals surface area contributed by atoms with Gasteiger partial charge in [-0.3, -0.25) is 4.79 Å². The van der Waals surface area contributed by atoms with E-state index in [9.17, 15) is 9.59 Å². The third kappa shape index (κ3) is 2.69. The number of rotatable bonds is 4. The van der Waals surface area contributed by atoms with Crippen molar-refractivity contribution in [2.75, 3.05) is 13.1 Å². The lowest BCUT2D eigenvalue weighted by atomic mass is 10.0. The van der Waals surface area contributed by atoms with Gasteiger partial charge in [0.25, 0.3) is 5.91 Å². The van der Waals surface area contributed by atoms with Crippen LogP contribution in [0.15, 0.2) is 5.38 Å². The molecular weight excluding hydrogens is 252 g/mol. The molecule has 2 heterocycles. The molecular formula is C12H16N2O3S. The summed E-state index contributed by atoms with van der Waals surface area (Å²) < 4.78 is 0. The van der Waals surface area contributed by atoms with E-state index >= 15 is 0 Å². The van der Waals surface area contributed by atoms with E-state index in [1.165, 1.54) is 5.38 Å². The fourth-order valence-electron chi connectivity index (χ4n) is 2.29. The van der Waals surface area contributed by atoms with Crippen LogP contribution in [0.3, 0.4) is 0 Å². The number of hydrogen-bond donors (Lipinski definition) is 1. The van der Waals surface area contributed by atoms with Crippen molar-refractivity contribution < 1.29 is 14.7 Å². The van der Waals surface area contributed by atoms with Crippen molar-refractivity contribution >= 4 is 23.2 Å². The molecule has 2 rings (SSSR count). The maximum atomic E-state index is 12.1. The zero-order chi connectivity index (χ0) is 13.1. The number of nitrogens with zero attached hydrogens (tertiary/aromatic N) is 2. The largest absolute Gasteiger partial charge is 0.476 e. The standard InChI is InChI=1S/C12H16N2O3S/c1-2-3-8-4-5-14(6-8)11(15)9-7-18-10(13-9)12(16)17/h7-8H,2-6H2,1H3,(H,16,17). The molecule has 6 heteroatoms. The summed E-state index contributed by atoms with van der Waals surface area (Å²) in [6.07, 6.45) is 3.31. The molecule has 1 aliphatic rings. The summed E-state index contributed by atoms with van der Waals surface area (Å²) in [4.78, 5) is 28.5. The zero-order valence-corrected chi connectivity index (χ0v) is 11.1. The highest BCUT2D eigenvalue weighted by Crippen LogP contribution is 2.23. The van der Waals surface area contributed by atoms with Crippen molar-refractivity contribution in [3.63, 3.8) is 0 Å². The van der Waals surface area contributed by atoms with E-state index in [4.69, 9.17) is 5.11 Å². The van der Waals surface area contributed by atoms with Crippen LogP contribution in [0.4, 0.5) is 0 Å². The average Bonchev–Trinajstić information content (AvgIpc) is 2.97. The molecule has 0 saturated carbocycles. The first-order valence-corrected chi connectivity index (χ1v) is 6.98. The normalized spacial score (nSPS) is 19.2. The van der Waals surface area contributed by atoms with Crippen molar-refractivity contribution in [3.05, 3.63) is 16.1 Å². The molecule has 1 fully saturated rings. The molecule has 1 unspecified atom stereocenters. The van der Waals surface area contributed by atoms with Crippen molar-refractivity contribution in [3.8, 4) is 0 Å². The average molecular weight is 268 g/mol.